The van der Waals surface area contributed by atoms with E-state index in [9.17, 15) is 14.3 Å². The number of rotatable bonds is 6. The number of hydrogen-bond acceptors (Lipinski definition) is 5. The highest BCUT2D eigenvalue weighted by atomic mass is 19.1. The monoisotopic (exact) mass is 335 g/mol. The van der Waals surface area contributed by atoms with Crippen molar-refractivity contribution in [3.05, 3.63) is 58.3 Å². The number of methoxy groups -OCH3 is 1. The molecule has 1 unspecified atom stereocenters. The third-order valence-electron chi connectivity index (χ3n) is 3.88. The third-order valence-corrected chi connectivity index (χ3v) is 3.88. The average molecular weight is 335 g/mol. The summed E-state index contributed by atoms with van der Waals surface area (Å²) >= 11 is 0. The van der Waals surface area contributed by atoms with Crippen molar-refractivity contribution >= 4 is 5.97 Å². The van der Waals surface area contributed by atoms with E-state index in [-0.39, 0.29) is 5.82 Å². The number of benzene rings is 1. The Labute approximate surface area is 140 Å². The number of carbonyl (C=O) groups excluding carboxylic acids is 1. The molecule has 1 aromatic heterocycles. The van der Waals surface area contributed by atoms with E-state index in [0.717, 1.165) is 0 Å². The van der Waals surface area contributed by atoms with Crippen LogP contribution in [-0.2, 0) is 11.3 Å². The molecule has 0 aliphatic heterocycles. The van der Waals surface area contributed by atoms with Crippen LogP contribution < -0.4 is 0 Å². The summed E-state index contributed by atoms with van der Waals surface area (Å²) in [5.41, 5.74) is 1.79. The minimum absolute atomic E-state index is 0.321. The predicted molar refractivity (Wildman–Crippen MR) is 87.2 cm³/mol. The van der Waals surface area contributed by atoms with Crippen LogP contribution in [0.5, 0.6) is 0 Å². The molecule has 1 aromatic carbocycles. The summed E-state index contributed by atoms with van der Waals surface area (Å²) in [6.07, 6.45) is -0.744. The number of aliphatic hydroxyl groups excluding tert-OH is 1. The quantitative estimate of drug-likeness (QED) is 0.822. The summed E-state index contributed by atoms with van der Waals surface area (Å²) in [6.45, 7) is 4.24. The molecule has 0 spiro atoms. The zero-order valence-corrected chi connectivity index (χ0v) is 14.3. The zero-order valence-electron chi connectivity index (χ0n) is 14.3. The Morgan fingerprint density at radius 1 is 1.38 bits per heavy atom. The molecule has 2 rings (SSSR count). The SMILES string of the molecule is COC(=O)c1cc(CN(C)CC(O)c2ccc(F)cc2C)oc1C. The van der Waals surface area contributed by atoms with Crippen LogP contribution in [0.1, 0.15) is 39.1 Å². The molecule has 1 N–H and O–H groups in total. The molecule has 0 radical (unpaired) electrons. The van der Waals surface area contributed by atoms with Gasteiger partial charge in [0.15, 0.2) is 0 Å². The molecule has 1 heterocycles. The average Bonchev–Trinajstić information content (AvgIpc) is 2.86. The third kappa shape index (κ3) is 4.21. The summed E-state index contributed by atoms with van der Waals surface area (Å²) in [6, 6.07) is 5.98. The van der Waals surface area contributed by atoms with Gasteiger partial charge in [0.2, 0.25) is 0 Å². The number of hydrogen-bond donors (Lipinski definition) is 1. The Hall–Kier alpha value is -2.18. The normalized spacial score (nSPS) is 12.5. The Morgan fingerprint density at radius 3 is 2.71 bits per heavy atom. The van der Waals surface area contributed by atoms with Crippen molar-refractivity contribution in [2.45, 2.75) is 26.5 Å². The summed E-state index contributed by atoms with van der Waals surface area (Å²) in [7, 11) is 3.15. The molecule has 0 aliphatic rings. The van der Waals surface area contributed by atoms with Gasteiger partial charge >= 0.3 is 5.97 Å². The first-order valence-electron chi connectivity index (χ1n) is 7.62. The maximum Gasteiger partial charge on any atom is 0.341 e. The Balaban J connectivity index is 2.02. The minimum Gasteiger partial charge on any atom is -0.465 e. The fourth-order valence-corrected chi connectivity index (χ4v) is 2.67. The lowest BCUT2D eigenvalue weighted by molar-refractivity contribution is 0.0598. The minimum atomic E-state index is -0.744. The van der Waals surface area contributed by atoms with Gasteiger partial charge in [0.25, 0.3) is 0 Å². The van der Waals surface area contributed by atoms with Gasteiger partial charge in [-0.05, 0) is 50.2 Å². The van der Waals surface area contributed by atoms with E-state index in [1.807, 2.05) is 11.9 Å². The summed E-state index contributed by atoms with van der Waals surface area (Å²) in [5.74, 6) is 0.351. The number of aliphatic hydroxyl groups is 1. The Bertz CT molecular complexity index is 726. The number of halogens is 1. The highest BCUT2D eigenvalue weighted by Crippen LogP contribution is 2.21. The molecule has 0 aliphatic carbocycles. The molecule has 2 aromatic rings. The second-order valence-corrected chi connectivity index (χ2v) is 5.89. The first-order chi connectivity index (χ1) is 11.3. The Kier molecular flexibility index (Phi) is 5.75. The van der Waals surface area contributed by atoms with Crippen LogP contribution in [0, 0.1) is 19.7 Å². The molecule has 5 nitrogen and oxygen atoms in total. The van der Waals surface area contributed by atoms with Gasteiger partial charge in [0.1, 0.15) is 22.9 Å². The molecule has 1 atom stereocenters. The summed E-state index contributed by atoms with van der Waals surface area (Å²) < 4.78 is 23.4. The van der Waals surface area contributed by atoms with Gasteiger partial charge in [0, 0.05) is 6.54 Å². The first kappa shape index (κ1) is 18.2. The number of nitrogens with zero attached hydrogens (tertiary/aromatic N) is 1. The molecule has 0 fully saturated rings. The van der Waals surface area contributed by atoms with Crippen molar-refractivity contribution < 1.29 is 23.4 Å². The van der Waals surface area contributed by atoms with Crippen LogP contribution in [-0.4, -0.2) is 36.7 Å². The van der Waals surface area contributed by atoms with E-state index in [1.54, 1.807) is 26.0 Å². The molecule has 0 saturated heterocycles. The van der Waals surface area contributed by atoms with Gasteiger partial charge in [-0.25, -0.2) is 9.18 Å². The fraction of sp³-hybridized carbons (Fsp3) is 0.389. The molecule has 0 bridgehead atoms. The van der Waals surface area contributed by atoms with Gasteiger partial charge in [-0.15, -0.1) is 0 Å². The largest absolute Gasteiger partial charge is 0.465 e. The Morgan fingerprint density at radius 2 is 2.08 bits per heavy atom. The lowest BCUT2D eigenvalue weighted by atomic mass is 10.0. The van der Waals surface area contributed by atoms with E-state index in [1.165, 1.54) is 19.2 Å². The first-order valence-corrected chi connectivity index (χ1v) is 7.62. The van der Waals surface area contributed by atoms with E-state index in [4.69, 9.17) is 9.15 Å². The molecule has 24 heavy (non-hydrogen) atoms. The summed E-state index contributed by atoms with van der Waals surface area (Å²) in [5, 5.41) is 10.4. The number of aryl methyl sites for hydroxylation is 2. The number of furan rings is 1. The standard InChI is InChI=1S/C18H22FNO4/c1-11-7-13(19)5-6-15(11)17(21)10-20(3)9-14-8-16(12(2)24-14)18(22)23-4/h5-8,17,21H,9-10H2,1-4H3. The number of esters is 1. The molecule has 0 saturated carbocycles. The van der Waals surface area contributed by atoms with Crippen LogP contribution in [0.2, 0.25) is 0 Å². The molecular weight excluding hydrogens is 313 g/mol. The summed E-state index contributed by atoms with van der Waals surface area (Å²) in [4.78, 5) is 13.5. The highest BCUT2D eigenvalue weighted by Gasteiger charge is 2.18. The lowest BCUT2D eigenvalue weighted by Crippen LogP contribution is -2.24. The van der Waals surface area contributed by atoms with Crippen LogP contribution in [0.25, 0.3) is 0 Å². The molecule has 130 valence electrons. The topological polar surface area (TPSA) is 62.9 Å². The van der Waals surface area contributed by atoms with Gasteiger partial charge < -0.3 is 14.3 Å². The second-order valence-electron chi connectivity index (χ2n) is 5.89. The van der Waals surface area contributed by atoms with Crippen molar-refractivity contribution in [2.24, 2.45) is 0 Å². The van der Waals surface area contributed by atoms with E-state index in [2.05, 4.69) is 0 Å². The van der Waals surface area contributed by atoms with E-state index in [0.29, 0.717) is 41.3 Å². The number of carbonyl (C=O) groups is 1. The van der Waals surface area contributed by atoms with E-state index >= 15 is 0 Å². The van der Waals surface area contributed by atoms with Gasteiger partial charge in [-0.1, -0.05) is 6.07 Å². The van der Waals surface area contributed by atoms with Crippen molar-refractivity contribution in [2.75, 3.05) is 20.7 Å². The zero-order chi connectivity index (χ0) is 17.9. The van der Waals surface area contributed by atoms with Gasteiger partial charge in [-0.2, -0.15) is 0 Å². The smallest absolute Gasteiger partial charge is 0.341 e. The van der Waals surface area contributed by atoms with Crippen LogP contribution in [0.15, 0.2) is 28.7 Å². The number of likely N-dealkylation sites (N-methyl/N-ethyl adjacent to an activating group) is 1. The second kappa shape index (κ2) is 7.59. The van der Waals surface area contributed by atoms with Crippen LogP contribution in [0.3, 0.4) is 0 Å². The molecule has 6 heteroatoms. The van der Waals surface area contributed by atoms with Crippen molar-refractivity contribution in [1.82, 2.24) is 4.90 Å². The van der Waals surface area contributed by atoms with Gasteiger partial charge in [0.05, 0.1) is 19.8 Å². The van der Waals surface area contributed by atoms with Crippen LogP contribution in [0.4, 0.5) is 4.39 Å². The fourth-order valence-electron chi connectivity index (χ4n) is 2.67. The molecule has 0 amide bonds. The maximum atomic E-state index is 13.2. The van der Waals surface area contributed by atoms with Gasteiger partial charge in [-0.3, -0.25) is 4.90 Å². The van der Waals surface area contributed by atoms with Crippen LogP contribution >= 0.6 is 0 Å². The number of ether oxygens (including phenoxy) is 1. The van der Waals surface area contributed by atoms with E-state index < -0.39 is 12.1 Å². The van der Waals surface area contributed by atoms with Crippen molar-refractivity contribution in [1.29, 1.82) is 0 Å². The predicted octanol–water partition coefficient (Wildman–Crippen LogP) is 2.99. The molecular formula is C18H22FNO4. The maximum absolute atomic E-state index is 13.2. The van der Waals surface area contributed by atoms with Crippen molar-refractivity contribution in [3.8, 4) is 0 Å². The van der Waals surface area contributed by atoms with Crippen molar-refractivity contribution in [3.63, 3.8) is 0 Å². The highest BCUT2D eigenvalue weighted by molar-refractivity contribution is 5.90. The lowest BCUT2D eigenvalue weighted by Gasteiger charge is -2.21.